The molecule has 9 nitrogen and oxygen atoms in total. The van der Waals surface area contributed by atoms with E-state index in [0.717, 1.165) is 0 Å². The molecule has 0 heterocycles. The Morgan fingerprint density at radius 2 is 0.588 bits per heavy atom. The first-order valence-corrected chi connectivity index (χ1v) is 10.6. The fourth-order valence-corrected chi connectivity index (χ4v) is 2.44. The van der Waals surface area contributed by atoms with Gasteiger partial charge in [-0.25, -0.2) is 0 Å². The van der Waals surface area contributed by atoms with Gasteiger partial charge in [0.1, 0.15) is 17.3 Å². The molecule has 0 atom stereocenters. The summed E-state index contributed by atoms with van der Waals surface area (Å²) in [5, 5.41) is 29.9. The summed E-state index contributed by atoms with van der Waals surface area (Å²) in [6.07, 6.45) is -0.505. The first-order valence-electron chi connectivity index (χ1n) is 10.6. The van der Waals surface area contributed by atoms with Crippen LogP contribution < -0.4 is 15.3 Å². The van der Waals surface area contributed by atoms with Crippen LogP contribution in [0.2, 0.25) is 0 Å². The number of hydrogen-bond acceptors (Lipinski definition) is 9. The summed E-state index contributed by atoms with van der Waals surface area (Å²) in [5.74, 6) is -4.68. The molecule has 0 aliphatic heterocycles. The van der Waals surface area contributed by atoms with Gasteiger partial charge in [-0.3, -0.25) is 14.4 Å². The molecule has 0 aliphatic rings. The second-order valence-corrected chi connectivity index (χ2v) is 11.5. The van der Waals surface area contributed by atoms with Gasteiger partial charge in [-0.1, -0.05) is 62.3 Å². The number of rotatable bonds is 9. The van der Waals surface area contributed by atoms with Gasteiger partial charge in [0.2, 0.25) is 0 Å². The molecule has 0 bridgehead atoms. The van der Waals surface area contributed by atoms with Gasteiger partial charge in [0.25, 0.3) is 0 Å². The topological polar surface area (TPSA) is 172 Å². The van der Waals surface area contributed by atoms with E-state index in [-0.39, 0.29) is 59.4 Å². The zero-order valence-corrected chi connectivity index (χ0v) is 25.3. The number of carboxylic acids is 3. The molecular weight excluding hydrogens is 547 g/mol. The van der Waals surface area contributed by atoms with Crippen LogP contribution >= 0.6 is 0 Å². The Kier molecular flexibility index (Phi) is 20.5. The second-order valence-electron chi connectivity index (χ2n) is 11.5. The van der Waals surface area contributed by atoms with Gasteiger partial charge in [0.15, 0.2) is 0 Å². The molecule has 0 radical (unpaired) electrons. The maximum absolute atomic E-state index is 10.8. The Balaban J connectivity index is -0.000000196. The van der Waals surface area contributed by atoms with Crippen molar-refractivity contribution in [3.05, 3.63) is 0 Å². The van der Waals surface area contributed by atoms with Gasteiger partial charge < -0.3 is 29.7 Å². The molecule has 0 aromatic heterocycles. The second kappa shape index (κ2) is 17.7. The minimum absolute atomic E-state index is 0. The Morgan fingerprint density at radius 3 is 0.676 bits per heavy atom. The van der Waals surface area contributed by atoms with E-state index in [1.807, 2.05) is 62.3 Å². The van der Waals surface area contributed by atoms with Crippen LogP contribution in [0.5, 0.6) is 0 Å². The molecule has 0 aromatic carbocycles. The molecule has 0 saturated carbocycles. The molecule has 0 unspecified atom stereocenters. The number of carbonyl (C=O) groups is 6. The van der Waals surface area contributed by atoms with Crippen molar-refractivity contribution in [1.29, 1.82) is 0 Å². The minimum Gasteiger partial charge on any atom is -0.550 e. The van der Waals surface area contributed by atoms with Crippen LogP contribution in [0.25, 0.3) is 0 Å². The molecule has 192 valence electrons. The van der Waals surface area contributed by atoms with Crippen LogP contribution in [0, 0.1) is 16.2 Å². The van der Waals surface area contributed by atoms with E-state index < -0.39 is 37.2 Å². The predicted octanol–water partition coefficient (Wildman–Crippen LogP) is 0.0143. The molecule has 0 aromatic rings. The summed E-state index contributed by atoms with van der Waals surface area (Å²) < 4.78 is 0. The number of ketones is 3. The van der Waals surface area contributed by atoms with Crippen LogP contribution in [0.1, 0.15) is 101 Å². The van der Waals surface area contributed by atoms with Gasteiger partial charge in [0.05, 0.1) is 0 Å². The minimum atomic E-state index is -1.29. The molecule has 0 amide bonds. The van der Waals surface area contributed by atoms with E-state index >= 15 is 0 Å². The van der Waals surface area contributed by atoms with Crippen molar-refractivity contribution < 1.29 is 44.1 Å². The average Bonchev–Trinajstić information content (AvgIpc) is 2.38. The van der Waals surface area contributed by atoms with E-state index in [9.17, 15) is 44.1 Å². The van der Waals surface area contributed by atoms with Gasteiger partial charge in [-0.2, -0.15) is 0 Å². The quantitative estimate of drug-likeness (QED) is 0.338. The van der Waals surface area contributed by atoms with Crippen molar-refractivity contribution in [3.8, 4) is 0 Å². The third kappa shape index (κ3) is 40.6. The average molecular weight is 586 g/mol. The SMILES string of the molecule is CC(C)(C)CC(=O)CC(=O)[O-].CC(C)(C)CC(=O)CC(=O)[O-].CC(C)(C)CC(=O)CC(=O)[O-].[In+3]. The summed E-state index contributed by atoms with van der Waals surface area (Å²) in [4.78, 5) is 62.4. The van der Waals surface area contributed by atoms with Gasteiger partial charge in [0, 0.05) is 56.4 Å². The Morgan fingerprint density at radius 1 is 0.441 bits per heavy atom. The predicted molar refractivity (Wildman–Crippen MR) is 122 cm³/mol. The van der Waals surface area contributed by atoms with Crippen molar-refractivity contribution in [1.82, 2.24) is 0 Å². The molecule has 0 saturated heterocycles. The largest absolute Gasteiger partial charge is 3.00 e. The smallest absolute Gasteiger partial charge is 0.550 e. The van der Waals surface area contributed by atoms with E-state index in [1.165, 1.54) is 0 Å². The molecule has 0 spiro atoms. The molecule has 0 rings (SSSR count). The van der Waals surface area contributed by atoms with Crippen LogP contribution in [-0.2, 0) is 28.8 Å². The van der Waals surface area contributed by atoms with Crippen LogP contribution in [-0.4, -0.2) is 61.1 Å². The van der Waals surface area contributed by atoms with E-state index in [4.69, 9.17) is 0 Å². The van der Waals surface area contributed by atoms with Gasteiger partial charge in [-0.15, -0.1) is 0 Å². The van der Waals surface area contributed by atoms with Crippen LogP contribution in [0.4, 0.5) is 0 Å². The van der Waals surface area contributed by atoms with E-state index in [1.54, 1.807) is 0 Å². The first kappa shape index (κ1) is 39.5. The fraction of sp³-hybridized carbons (Fsp3) is 0.750. The Hall–Kier alpha value is -1.71. The molecular formula is C24H39InO9. The molecule has 0 N–H and O–H groups in total. The number of Topliss-reactive ketones (excluding diaryl/α,β-unsaturated/α-hetero) is 3. The van der Waals surface area contributed by atoms with Crippen LogP contribution in [0.15, 0.2) is 0 Å². The first-order chi connectivity index (χ1) is 14.4. The van der Waals surface area contributed by atoms with E-state index in [0.29, 0.717) is 19.3 Å². The summed E-state index contributed by atoms with van der Waals surface area (Å²) in [5.41, 5.74) is -0.397. The fourth-order valence-electron chi connectivity index (χ4n) is 2.44. The third-order valence-corrected chi connectivity index (χ3v) is 3.21. The summed E-state index contributed by atoms with van der Waals surface area (Å²) >= 11 is 0. The van der Waals surface area contributed by atoms with E-state index in [2.05, 4.69) is 0 Å². The standard InChI is InChI=1S/3C8H14O3.In/c3*1-8(2,3)5-6(9)4-7(10)11;/h3*4-5H2,1-3H3,(H,10,11);/q;;;+3/p-3. The van der Waals surface area contributed by atoms with Crippen molar-refractivity contribution in [3.63, 3.8) is 0 Å². The van der Waals surface area contributed by atoms with Crippen LogP contribution in [0.3, 0.4) is 0 Å². The molecule has 34 heavy (non-hydrogen) atoms. The van der Waals surface area contributed by atoms with Crippen molar-refractivity contribution in [2.75, 3.05) is 0 Å². The number of carboxylic acid groups (broad SMARTS) is 3. The molecule has 10 heteroatoms. The summed E-state index contributed by atoms with van der Waals surface area (Å²) in [7, 11) is 0. The maximum atomic E-state index is 10.8. The Labute approximate surface area is 221 Å². The Bertz CT molecular complexity index is 596. The van der Waals surface area contributed by atoms with Gasteiger partial charge in [-0.05, 0) is 16.2 Å². The number of carbonyl (C=O) groups excluding carboxylic acids is 6. The monoisotopic (exact) mass is 586 g/mol. The summed E-state index contributed by atoms with van der Waals surface area (Å²) in [6.45, 7) is 17.0. The van der Waals surface area contributed by atoms with Crippen molar-refractivity contribution in [2.24, 2.45) is 16.2 Å². The zero-order chi connectivity index (χ0) is 27.2. The zero-order valence-electron chi connectivity index (χ0n) is 22.0. The molecule has 0 aliphatic carbocycles. The number of aliphatic carboxylic acids is 3. The maximum Gasteiger partial charge on any atom is 3.00 e. The summed E-state index contributed by atoms with van der Waals surface area (Å²) in [6, 6.07) is 0. The van der Waals surface area contributed by atoms with Crippen molar-refractivity contribution >= 4 is 61.1 Å². The third-order valence-electron chi connectivity index (χ3n) is 3.21. The van der Waals surface area contributed by atoms with Crippen molar-refractivity contribution in [2.45, 2.75) is 101 Å². The molecule has 0 fully saturated rings. The normalized spacial score (nSPS) is 10.9. The number of hydrogen-bond donors (Lipinski definition) is 0. The van der Waals surface area contributed by atoms with Gasteiger partial charge >= 0.3 is 25.8 Å².